The third-order valence-electron chi connectivity index (χ3n) is 8.05. The summed E-state index contributed by atoms with van der Waals surface area (Å²) >= 11 is 0. The Labute approximate surface area is 256 Å². The summed E-state index contributed by atoms with van der Waals surface area (Å²) < 4.78 is 5.70. The van der Waals surface area contributed by atoms with Crippen molar-refractivity contribution in [3.8, 4) is 0 Å². The second-order valence-electron chi connectivity index (χ2n) is 13.3. The molecule has 0 aromatic heterocycles. The molecule has 1 atom stereocenters. The van der Waals surface area contributed by atoms with Crippen LogP contribution in [0.3, 0.4) is 0 Å². The van der Waals surface area contributed by atoms with Gasteiger partial charge in [0.05, 0.1) is 11.7 Å². The van der Waals surface area contributed by atoms with E-state index in [0.717, 1.165) is 57.8 Å². The Kier molecular flexibility index (Phi) is 18.6. The summed E-state index contributed by atoms with van der Waals surface area (Å²) in [6.45, 7) is 22.3. The van der Waals surface area contributed by atoms with Crippen molar-refractivity contribution in [3.63, 3.8) is 0 Å². The molecule has 0 aromatic carbocycles. The molecule has 0 aliphatic carbocycles. The standard InChI is InChI=1S/C40H64O/c1-32(2)18-13-21-35(5)24-16-27-36(6)25-14-22-33(3)19-11-12-20-34(4)23-15-26-37(7)28-17-29-38(8)30-31-39-40(9,10)41-39/h11-12,18-20,24-26,29,39H,13-17,21-23,27-28,30-31H2,1-10H3/b12-11+,33-19+,34-20+,35-24+,36-25+,37-26+,38-29+/t39-/m1/s1. The van der Waals surface area contributed by atoms with Gasteiger partial charge < -0.3 is 4.74 Å². The molecule has 1 aliphatic rings. The molecule has 41 heavy (non-hydrogen) atoms. The molecule has 1 fully saturated rings. The fraction of sp³-hybridized carbons (Fsp3) is 0.600. The maximum absolute atomic E-state index is 5.70. The first-order chi connectivity index (χ1) is 19.4. The van der Waals surface area contributed by atoms with Crippen LogP contribution in [-0.2, 0) is 4.74 Å². The number of hydrogen-bond donors (Lipinski definition) is 0. The molecule has 0 spiro atoms. The van der Waals surface area contributed by atoms with E-state index in [9.17, 15) is 0 Å². The van der Waals surface area contributed by atoms with Crippen molar-refractivity contribution in [2.75, 3.05) is 0 Å². The average Bonchev–Trinajstić information content (AvgIpc) is 3.51. The number of hydrogen-bond acceptors (Lipinski definition) is 1. The van der Waals surface area contributed by atoms with E-state index in [2.05, 4.69) is 124 Å². The molecular formula is C40H64O. The van der Waals surface area contributed by atoms with Gasteiger partial charge in [-0.15, -0.1) is 0 Å². The van der Waals surface area contributed by atoms with Gasteiger partial charge in [-0.3, -0.25) is 0 Å². The monoisotopic (exact) mass is 560 g/mol. The Hall–Kier alpha value is -2.12. The van der Waals surface area contributed by atoms with E-state index < -0.39 is 0 Å². The van der Waals surface area contributed by atoms with Crippen LogP contribution in [0.4, 0.5) is 0 Å². The third-order valence-corrected chi connectivity index (χ3v) is 8.05. The number of epoxide rings is 1. The number of ether oxygens (including phenoxy) is 1. The molecule has 1 heteroatoms. The molecule has 1 saturated heterocycles. The Balaban J connectivity index is 2.23. The lowest BCUT2D eigenvalue weighted by molar-refractivity contribution is 0.320. The molecule has 0 radical (unpaired) electrons. The smallest absolute Gasteiger partial charge is 0.0892 e. The molecule has 1 aliphatic heterocycles. The lowest BCUT2D eigenvalue weighted by Gasteiger charge is -2.03. The molecule has 0 amide bonds. The van der Waals surface area contributed by atoms with E-state index in [1.807, 2.05) is 0 Å². The summed E-state index contributed by atoms with van der Waals surface area (Å²) in [5.41, 5.74) is 10.5. The maximum atomic E-state index is 5.70. The van der Waals surface area contributed by atoms with Crippen LogP contribution in [0.2, 0.25) is 0 Å². The minimum atomic E-state index is 0.122. The van der Waals surface area contributed by atoms with Gasteiger partial charge in [-0.25, -0.2) is 0 Å². The van der Waals surface area contributed by atoms with E-state index in [1.165, 1.54) is 58.3 Å². The third kappa shape index (κ3) is 20.4. The Morgan fingerprint density at radius 3 is 1.15 bits per heavy atom. The lowest BCUT2D eigenvalue weighted by Crippen LogP contribution is -2.02. The van der Waals surface area contributed by atoms with E-state index in [-0.39, 0.29) is 5.60 Å². The van der Waals surface area contributed by atoms with Crippen molar-refractivity contribution in [2.45, 2.75) is 158 Å². The van der Waals surface area contributed by atoms with Crippen LogP contribution < -0.4 is 0 Å². The van der Waals surface area contributed by atoms with Crippen molar-refractivity contribution < 1.29 is 4.74 Å². The van der Waals surface area contributed by atoms with Crippen LogP contribution in [0.5, 0.6) is 0 Å². The maximum Gasteiger partial charge on any atom is 0.0892 e. The molecular weight excluding hydrogens is 496 g/mol. The first-order valence-electron chi connectivity index (χ1n) is 16.3. The van der Waals surface area contributed by atoms with Crippen LogP contribution in [0.25, 0.3) is 0 Å². The highest BCUT2D eigenvalue weighted by Gasteiger charge is 2.46. The van der Waals surface area contributed by atoms with Gasteiger partial charge in [-0.1, -0.05) is 93.7 Å². The van der Waals surface area contributed by atoms with E-state index >= 15 is 0 Å². The normalized spacial score (nSPS) is 18.8. The Morgan fingerprint density at radius 1 is 0.488 bits per heavy atom. The highest BCUT2D eigenvalue weighted by atomic mass is 16.6. The van der Waals surface area contributed by atoms with Gasteiger partial charge in [0.1, 0.15) is 0 Å². The summed E-state index contributed by atoms with van der Waals surface area (Å²) in [5.74, 6) is 0. The predicted molar refractivity (Wildman–Crippen MR) is 185 cm³/mol. The highest BCUT2D eigenvalue weighted by Crippen LogP contribution is 2.39. The van der Waals surface area contributed by atoms with E-state index in [1.54, 1.807) is 0 Å². The van der Waals surface area contributed by atoms with Crippen LogP contribution in [0.15, 0.2) is 93.7 Å². The van der Waals surface area contributed by atoms with Crippen molar-refractivity contribution in [1.29, 1.82) is 0 Å². The first-order valence-corrected chi connectivity index (χ1v) is 16.3. The average molecular weight is 561 g/mol. The Morgan fingerprint density at radius 2 is 0.805 bits per heavy atom. The SMILES string of the molecule is CC(C)=CCC/C(C)=C/CC/C(C)=C/CC/C(C)=C/C=C/C=C(\C)CC/C=C(\C)CC/C=C(\C)CC[C@H]1OC1(C)C. The summed E-state index contributed by atoms with van der Waals surface area (Å²) in [6, 6.07) is 0. The largest absolute Gasteiger partial charge is 0.367 e. The zero-order valence-electron chi connectivity index (χ0n) is 28.7. The molecule has 0 aromatic rings. The zero-order valence-corrected chi connectivity index (χ0v) is 28.7. The summed E-state index contributed by atoms with van der Waals surface area (Å²) in [4.78, 5) is 0. The van der Waals surface area contributed by atoms with Crippen molar-refractivity contribution >= 4 is 0 Å². The van der Waals surface area contributed by atoms with Crippen molar-refractivity contribution in [3.05, 3.63) is 93.7 Å². The molecule has 0 bridgehead atoms. The minimum absolute atomic E-state index is 0.122. The van der Waals surface area contributed by atoms with Crippen LogP contribution in [0, 0.1) is 0 Å². The van der Waals surface area contributed by atoms with Crippen molar-refractivity contribution in [1.82, 2.24) is 0 Å². The van der Waals surface area contributed by atoms with Gasteiger partial charge >= 0.3 is 0 Å². The van der Waals surface area contributed by atoms with E-state index in [4.69, 9.17) is 4.74 Å². The predicted octanol–water partition coefficient (Wildman–Crippen LogP) is 13.0. The van der Waals surface area contributed by atoms with Crippen molar-refractivity contribution in [2.24, 2.45) is 0 Å². The molecule has 1 nitrogen and oxygen atoms in total. The lowest BCUT2D eigenvalue weighted by atomic mass is 10.0. The quantitative estimate of drug-likeness (QED) is 0.0819. The van der Waals surface area contributed by atoms with Gasteiger partial charge in [-0.05, 0) is 146 Å². The van der Waals surface area contributed by atoms with Gasteiger partial charge in [0, 0.05) is 0 Å². The number of allylic oxidation sites excluding steroid dienone is 16. The summed E-state index contributed by atoms with van der Waals surface area (Å²) in [6.07, 6.45) is 35.3. The highest BCUT2D eigenvalue weighted by molar-refractivity contribution is 5.19. The molecule has 1 rings (SSSR count). The summed E-state index contributed by atoms with van der Waals surface area (Å²) in [5, 5.41) is 0. The van der Waals surface area contributed by atoms with Gasteiger partial charge in [-0.2, -0.15) is 0 Å². The fourth-order valence-corrected chi connectivity index (χ4v) is 4.89. The second-order valence-corrected chi connectivity index (χ2v) is 13.3. The molecule has 0 unspecified atom stereocenters. The molecule has 0 saturated carbocycles. The number of rotatable bonds is 20. The topological polar surface area (TPSA) is 12.5 Å². The van der Waals surface area contributed by atoms with E-state index in [0.29, 0.717) is 6.10 Å². The second kappa shape index (κ2) is 20.7. The van der Waals surface area contributed by atoms with Crippen LogP contribution in [-0.4, -0.2) is 11.7 Å². The molecule has 230 valence electrons. The first kappa shape index (κ1) is 36.9. The Bertz CT molecular complexity index is 1010. The molecule has 0 N–H and O–H groups in total. The fourth-order valence-electron chi connectivity index (χ4n) is 4.89. The molecule has 1 heterocycles. The minimum Gasteiger partial charge on any atom is -0.367 e. The van der Waals surface area contributed by atoms with Gasteiger partial charge in [0.15, 0.2) is 0 Å². The van der Waals surface area contributed by atoms with Gasteiger partial charge in [0.25, 0.3) is 0 Å². The zero-order chi connectivity index (χ0) is 30.7. The van der Waals surface area contributed by atoms with Crippen LogP contribution in [0.1, 0.15) is 146 Å². The van der Waals surface area contributed by atoms with Gasteiger partial charge in [0.2, 0.25) is 0 Å². The summed E-state index contributed by atoms with van der Waals surface area (Å²) in [7, 11) is 0. The van der Waals surface area contributed by atoms with Crippen LogP contribution >= 0.6 is 0 Å².